The third-order valence-electron chi connectivity index (χ3n) is 4.63. The molecule has 0 saturated carbocycles. The molecule has 1 fully saturated rings. The summed E-state index contributed by atoms with van der Waals surface area (Å²) in [6.45, 7) is 5.09. The quantitative estimate of drug-likeness (QED) is 0.817. The molecule has 1 atom stereocenters. The molecule has 3 nitrogen and oxygen atoms in total. The molecule has 124 valence electrons. The summed E-state index contributed by atoms with van der Waals surface area (Å²) >= 11 is 0. The zero-order valence-electron chi connectivity index (χ0n) is 14.6. The highest BCUT2D eigenvalue weighted by Crippen LogP contribution is 2.32. The molecule has 0 amide bonds. The SMILES string of the molecule is Cc1ccc(CN2CCCC[C@H]2c2ccc(CN(C)C)cc2)o1. The van der Waals surface area contributed by atoms with Gasteiger partial charge in [0.1, 0.15) is 11.5 Å². The molecule has 0 N–H and O–H groups in total. The first-order valence-corrected chi connectivity index (χ1v) is 8.65. The molecule has 23 heavy (non-hydrogen) atoms. The minimum absolute atomic E-state index is 0.516. The van der Waals surface area contributed by atoms with Gasteiger partial charge >= 0.3 is 0 Å². The molecule has 1 aromatic carbocycles. The highest BCUT2D eigenvalue weighted by atomic mass is 16.3. The summed E-state index contributed by atoms with van der Waals surface area (Å²) in [6, 6.07) is 13.9. The fraction of sp³-hybridized carbons (Fsp3) is 0.500. The van der Waals surface area contributed by atoms with Crippen molar-refractivity contribution in [2.24, 2.45) is 0 Å². The van der Waals surface area contributed by atoms with Crippen LogP contribution >= 0.6 is 0 Å². The Labute approximate surface area is 139 Å². The summed E-state index contributed by atoms with van der Waals surface area (Å²) < 4.78 is 5.79. The van der Waals surface area contributed by atoms with Gasteiger partial charge in [0.05, 0.1) is 6.54 Å². The summed E-state index contributed by atoms with van der Waals surface area (Å²) in [7, 11) is 4.23. The standard InChI is InChI=1S/C20H28N2O/c1-16-7-12-19(23-16)15-22-13-5-4-6-20(22)18-10-8-17(9-11-18)14-21(2)3/h7-12,20H,4-6,13-15H2,1-3H3/t20-/m0/s1. The van der Waals surface area contributed by atoms with E-state index in [2.05, 4.69) is 60.3 Å². The van der Waals surface area contributed by atoms with Crippen LogP contribution in [0.2, 0.25) is 0 Å². The van der Waals surface area contributed by atoms with Crippen LogP contribution in [-0.4, -0.2) is 30.4 Å². The predicted octanol–water partition coefficient (Wildman–Crippen LogP) is 4.38. The van der Waals surface area contributed by atoms with Crippen LogP contribution in [0.3, 0.4) is 0 Å². The van der Waals surface area contributed by atoms with Crippen molar-refractivity contribution < 1.29 is 4.42 Å². The molecule has 0 bridgehead atoms. The second-order valence-electron chi connectivity index (χ2n) is 6.97. The first-order valence-electron chi connectivity index (χ1n) is 8.65. The topological polar surface area (TPSA) is 19.6 Å². The second-order valence-corrected chi connectivity index (χ2v) is 6.97. The molecule has 0 radical (unpaired) electrons. The van der Waals surface area contributed by atoms with Crippen LogP contribution in [0, 0.1) is 6.92 Å². The molecule has 1 saturated heterocycles. The molecular formula is C20H28N2O. The van der Waals surface area contributed by atoms with Crippen molar-refractivity contribution in [1.82, 2.24) is 9.80 Å². The molecule has 0 unspecified atom stereocenters. The van der Waals surface area contributed by atoms with Gasteiger partial charge < -0.3 is 9.32 Å². The van der Waals surface area contributed by atoms with Gasteiger partial charge in [0, 0.05) is 12.6 Å². The Morgan fingerprint density at radius 1 is 1.09 bits per heavy atom. The maximum Gasteiger partial charge on any atom is 0.118 e. The average Bonchev–Trinajstić information content (AvgIpc) is 2.93. The largest absolute Gasteiger partial charge is 0.465 e. The smallest absolute Gasteiger partial charge is 0.118 e. The van der Waals surface area contributed by atoms with Crippen LogP contribution in [0.1, 0.15) is 48.0 Å². The highest BCUT2D eigenvalue weighted by Gasteiger charge is 2.24. The fourth-order valence-electron chi connectivity index (χ4n) is 3.54. The van der Waals surface area contributed by atoms with E-state index < -0.39 is 0 Å². The number of furan rings is 1. The highest BCUT2D eigenvalue weighted by molar-refractivity contribution is 5.25. The summed E-state index contributed by atoms with van der Waals surface area (Å²) in [4.78, 5) is 4.78. The lowest BCUT2D eigenvalue weighted by Gasteiger charge is -2.35. The van der Waals surface area contributed by atoms with Gasteiger partial charge in [-0.3, -0.25) is 4.90 Å². The number of hydrogen-bond acceptors (Lipinski definition) is 3. The number of hydrogen-bond donors (Lipinski definition) is 0. The van der Waals surface area contributed by atoms with Crippen molar-refractivity contribution in [2.75, 3.05) is 20.6 Å². The van der Waals surface area contributed by atoms with E-state index in [9.17, 15) is 0 Å². The zero-order chi connectivity index (χ0) is 16.2. The van der Waals surface area contributed by atoms with E-state index in [1.807, 2.05) is 6.92 Å². The van der Waals surface area contributed by atoms with Crippen LogP contribution < -0.4 is 0 Å². The Kier molecular flexibility index (Phi) is 5.19. The molecule has 2 aromatic rings. The van der Waals surface area contributed by atoms with E-state index in [1.54, 1.807) is 0 Å². The van der Waals surface area contributed by atoms with Crippen molar-refractivity contribution in [3.05, 3.63) is 59.0 Å². The predicted molar refractivity (Wildman–Crippen MR) is 94.3 cm³/mol. The Balaban J connectivity index is 1.72. The Bertz CT molecular complexity index is 615. The third-order valence-corrected chi connectivity index (χ3v) is 4.63. The zero-order valence-corrected chi connectivity index (χ0v) is 14.6. The normalized spacial score (nSPS) is 19.4. The molecule has 0 spiro atoms. The number of piperidine rings is 1. The minimum Gasteiger partial charge on any atom is -0.465 e. The molecule has 3 rings (SSSR count). The number of nitrogens with zero attached hydrogens (tertiary/aromatic N) is 2. The van der Waals surface area contributed by atoms with Crippen LogP contribution in [-0.2, 0) is 13.1 Å². The van der Waals surface area contributed by atoms with Gasteiger partial charge in [-0.05, 0) is 63.7 Å². The van der Waals surface area contributed by atoms with Crippen LogP contribution in [0.5, 0.6) is 0 Å². The van der Waals surface area contributed by atoms with Gasteiger partial charge in [-0.25, -0.2) is 0 Å². The van der Waals surface area contributed by atoms with Crippen molar-refractivity contribution in [1.29, 1.82) is 0 Å². The van der Waals surface area contributed by atoms with Gasteiger partial charge in [0.2, 0.25) is 0 Å². The molecule has 1 aliphatic heterocycles. The second kappa shape index (κ2) is 7.33. The Morgan fingerprint density at radius 3 is 2.52 bits per heavy atom. The number of aryl methyl sites for hydroxylation is 1. The molecule has 3 heteroatoms. The Hall–Kier alpha value is -1.58. The van der Waals surface area contributed by atoms with Crippen molar-refractivity contribution >= 4 is 0 Å². The van der Waals surface area contributed by atoms with Gasteiger partial charge in [-0.1, -0.05) is 30.7 Å². The molecule has 1 aromatic heterocycles. The van der Waals surface area contributed by atoms with Crippen molar-refractivity contribution in [3.8, 4) is 0 Å². The van der Waals surface area contributed by atoms with E-state index in [-0.39, 0.29) is 0 Å². The van der Waals surface area contributed by atoms with E-state index in [0.29, 0.717) is 6.04 Å². The number of rotatable bonds is 5. The fourth-order valence-corrected chi connectivity index (χ4v) is 3.54. The molecule has 0 aliphatic carbocycles. The summed E-state index contributed by atoms with van der Waals surface area (Å²) in [5.41, 5.74) is 2.82. The lowest BCUT2D eigenvalue weighted by atomic mass is 9.94. The lowest BCUT2D eigenvalue weighted by Crippen LogP contribution is -2.32. The van der Waals surface area contributed by atoms with Gasteiger partial charge in [0.15, 0.2) is 0 Å². The van der Waals surface area contributed by atoms with E-state index >= 15 is 0 Å². The van der Waals surface area contributed by atoms with Crippen molar-refractivity contribution in [2.45, 2.75) is 45.3 Å². The van der Waals surface area contributed by atoms with Crippen LogP contribution in [0.4, 0.5) is 0 Å². The first-order chi connectivity index (χ1) is 11.1. The summed E-state index contributed by atoms with van der Waals surface area (Å²) in [5, 5.41) is 0. The first kappa shape index (κ1) is 16.3. The average molecular weight is 312 g/mol. The summed E-state index contributed by atoms with van der Waals surface area (Å²) in [6.07, 6.45) is 3.85. The number of benzene rings is 1. The minimum atomic E-state index is 0.516. The molecular weight excluding hydrogens is 284 g/mol. The third kappa shape index (κ3) is 4.24. The van der Waals surface area contributed by atoms with Crippen LogP contribution in [0.15, 0.2) is 40.8 Å². The van der Waals surface area contributed by atoms with Gasteiger partial charge in [-0.15, -0.1) is 0 Å². The number of likely N-dealkylation sites (tertiary alicyclic amines) is 1. The van der Waals surface area contributed by atoms with E-state index in [4.69, 9.17) is 4.42 Å². The molecule has 2 heterocycles. The maximum atomic E-state index is 5.79. The maximum absolute atomic E-state index is 5.79. The van der Waals surface area contributed by atoms with E-state index in [1.165, 1.54) is 30.4 Å². The monoisotopic (exact) mass is 312 g/mol. The Morgan fingerprint density at radius 2 is 1.87 bits per heavy atom. The van der Waals surface area contributed by atoms with Crippen molar-refractivity contribution in [3.63, 3.8) is 0 Å². The molecule has 1 aliphatic rings. The van der Waals surface area contributed by atoms with Gasteiger partial charge in [-0.2, -0.15) is 0 Å². The van der Waals surface area contributed by atoms with E-state index in [0.717, 1.165) is 31.2 Å². The van der Waals surface area contributed by atoms with Gasteiger partial charge in [0.25, 0.3) is 0 Å². The lowest BCUT2D eigenvalue weighted by molar-refractivity contribution is 0.130. The summed E-state index contributed by atoms with van der Waals surface area (Å²) in [5.74, 6) is 2.08. The van der Waals surface area contributed by atoms with Crippen LogP contribution in [0.25, 0.3) is 0 Å².